The fraction of sp³-hybridized carbons (Fsp3) is 0.455. The number of hydrogen-bond donors (Lipinski definition) is 1. The normalized spacial score (nSPS) is 19.4. The Kier molecular flexibility index (Phi) is 4.64. The van der Waals surface area contributed by atoms with Gasteiger partial charge in [0.2, 0.25) is 0 Å². The lowest BCUT2D eigenvalue weighted by Gasteiger charge is -2.49. The van der Waals surface area contributed by atoms with Crippen molar-refractivity contribution >= 4 is 0 Å². The first-order chi connectivity index (χ1) is 14.2. The van der Waals surface area contributed by atoms with Gasteiger partial charge in [0.1, 0.15) is 11.6 Å². The molecule has 152 valence electrons. The highest BCUT2D eigenvalue weighted by molar-refractivity contribution is 5.38. The molecule has 2 aliphatic rings. The standard InChI is InChI=1S/C22H28N6O/c1-26-11-7-19-21(25-16-24-19)22(26)8-12-27(13-9-22)15-20-23-10-14-28(20)17-3-5-18(29-2)6-4-17/h3-6,10,14,16H,7-9,11-13,15H2,1-2H3,(H,24,25). The van der Waals surface area contributed by atoms with Gasteiger partial charge in [-0.15, -0.1) is 0 Å². The van der Waals surface area contributed by atoms with E-state index in [0.29, 0.717) is 0 Å². The first-order valence-electron chi connectivity index (χ1n) is 10.3. The third-order valence-electron chi connectivity index (χ3n) is 6.70. The highest BCUT2D eigenvalue weighted by Crippen LogP contribution is 2.41. The molecule has 1 fully saturated rings. The summed E-state index contributed by atoms with van der Waals surface area (Å²) in [7, 11) is 3.94. The summed E-state index contributed by atoms with van der Waals surface area (Å²) in [4.78, 5) is 17.7. The molecule has 0 amide bonds. The van der Waals surface area contributed by atoms with Crippen molar-refractivity contribution in [3.63, 3.8) is 0 Å². The number of aromatic nitrogens is 4. The van der Waals surface area contributed by atoms with Crippen LogP contribution < -0.4 is 4.74 Å². The van der Waals surface area contributed by atoms with Crippen LogP contribution in [0.4, 0.5) is 0 Å². The van der Waals surface area contributed by atoms with Crippen LogP contribution in [0.3, 0.4) is 0 Å². The molecule has 7 heteroatoms. The molecule has 1 N–H and O–H groups in total. The fourth-order valence-corrected chi connectivity index (χ4v) is 4.92. The Balaban J connectivity index is 1.31. The number of nitrogens with one attached hydrogen (secondary N) is 1. The number of benzene rings is 1. The van der Waals surface area contributed by atoms with Crippen molar-refractivity contribution in [2.45, 2.75) is 31.3 Å². The van der Waals surface area contributed by atoms with E-state index in [2.05, 4.69) is 43.5 Å². The Morgan fingerprint density at radius 3 is 2.66 bits per heavy atom. The van der Waals surface area contributed by atoms with Crippen LogP contribution in [0.2, 0.25) is 0 Å². The molecular formula is C22H28N6O. The molecule has 4 heterocycles. The van der Waals surface area contributed by atoms with E-state index in [0.717, 1.165) is 62.7 Å². The molecule has 3 aromatic rings. The molecule has 1 saturated heterocycles. The van der Waals surface area contributed by atoms with Gasteiger partial charge in [-0.1, -0.05) is 0 Å². The summed E-state index contributed by atoms with van der Waals surface area (Å²) in [6.07, 6.45) is 9.05. The summed E-state index contributed by atoms with van der Waals surface area (Å²) >= 11 is 0. The highest BCUT2D eigenvalue weighted by atomic mass is 16.5. The zero-order valence-corrected chi connectivity index (χ0v) is 17.1. The first kappa shape index (κ1) is 18.4. The van der Waals surface area contributed by atoms with E-state index in [9.17, 15) is 0 Å². The summed E-state index contributed by atoms with van der Waals surface area (Å²) in [5, 5.41) is 0. The van der Waals surface area contributed by atoms with Crippen molar-refractivity contribution in [3.05, 3.63) is 60.2 Å². The average Bonchev–Trinajstić information content (AvgIpc) is 3.42. The van der Waals surface area contributed by atoms with Crippen molar-refractivity contribution in [1.29, 1.82) is 0 Å². The number of piperidine rings is 1. The maximum atomic E-state index is 5.28. The average molecular weight is 393 g/mol. The number of hydrogen-bond acceptors (Lipinski definition) is 5. The fourth-order valence-electron chi connectivity index (χ4n) is 4.92. The SMILES string of the molecule is COc1ccc(-n2ccnc2CN2CCC3(CC2)c2nc[nH]c2CCN3C)cc1. The Bertz CT molecular complexity index is 967. The maximum Gasteiger partial charge on any atom is 0.127 e. The Labute approximate surface area is 171 Å². The number of fused-ring (bicyclic) bond motifs is 2. The topological polar surface area (TPSA) is 62.2 Å². The van der Waals surface area contributed by atoms with Gasteiger partial charge in [-0.05, 0) is 44.2 Å². The predicted octanol–water partition coefficient (Wildman–Crippen LogP) is 2.58. The number of H-pyrrole nitrogens is 1. The maximum absolute atomic E-state index is 5.28. The van der Waals surface area contributed by atoms with Gasteiger partial charge in [-0.25, -0.2) is 9.97 Å². The number of imidazole rings is 2. The van der Waals surface area contributed by atoms with Gasteiger partial charge in [-0.2, -0.15) is 0 Å². The molecule has 0 bridgehead atoms. The van der Waals surface area contributed by atoms with Gasteiger partial charge >= 0.3 is 0 Å². The molecule has 2 aromatic heterocycles. The number of ether oxygens (including phenoxy) is 1. The summed E-state index contributed by atoms with van der Waals surface area (Å²) in [6, 6.07) is 8.13. The molecule has 0 radical (unpaired) electrons. The summed E-state index contributed by atoms with van der Waals surface area (Å²) in [6.45, 7) is 4.04. The van der Waals surface area contributed by atoms with Crippen molar-refractivity contribution in [3.8, 4) is 11.4 Å². The number of likely N-dealkylation sites (N-methyl/N-ethyl adjacent to an activating group) is 1. The molecule has 0 aliphatic carbocycles. The van der Waals surface area contributed by atoms with Gasteiger partial charge in [-0.3, -0.25) is 9.80 Å². The van der Waals surface area contributed by atoms with Crippen LogP contribution in [0.25, 0.3) is 5.69 Å². The molecule has 0 unspecified atom stereocenters. The minimum Gasteiger partial charge on any atom is -0.497 e. The molecule has 5 rings (SSSR count). The largest absolute Gasteiger partial charge is 0.497 e. The Morgan fingerprint density at radius 1 is 1.10 bits per heavy atom. The van der Waals surface area contributed by atoms with E-state index in [1.54, 1.807) is 7.11 Å². The highest BCUT2D eigenvalue weighted by Gasteiger charge is 2.44. The molecule has 7 nitrogen and oxygen atoms in total. The smallest absolute Gasteiger partial charge is 0.127 e. The van der Waals surface area contributed by atoms with Crippen LogP contribution in [0.15, 0.2) is 43.0 Å². The lowest BCUT2D eigenvalue weighted by molar-refractivity contribution is 0.0213. The number of methoxy groups -OCH3 is 1. The van der Waals surface area contributed by atoms with Crippen LogP contribution in [0.5, 0.6) is 5.75 Å². The minimum atomic E-state index is 0.0789. The Morgan fingerprint density at radius 2 is 1.90 bits per heavy atom. The van der Waals surface area contributed by atoms with Gasteiger partial charge in [0.15, 0.2) is 0 Å². The van der Waals surface area contributed by atoms with Crippen LogP contribution in [-0.4, -0.2) is 63.1 Å². The van der Waals surface area contributed by atoms with Gasteiger partial charge in [0.25, 0.3) is 0 Å². The van der Waals surface area contributed by atoms with Gasteiger partial charge in [0, 0.05) is 49.8 Å². The van der Waals surface area contributed by atoms with Crippen molar-refractivity contribution in [2.75, 3.05) is 33.8 Å². The van der Waals surface area contributed by atoms with Gasteiger partial charge in [0.05, 0.1) is 31.2 Å². The van der Waals surface area contributed by atoms with E-state index in [4.69, 9.17) is 9.72 Å². The van der Waals surface area contributed by atoms with E-state index >= 15 is 0 Å². The molecule has 1 spiro atoms. The summed E-state index contributed by atoms with van der Waals surface area (Å²) < 4.78 is 7.45. The van der Waals surface area contributed by atoms with Crippen LogP contribution in [0.1, 0.15) is 30.1 Å². The molecule has 2 aliphatic heterocycles. The third-order valence-corrected chi connectivity index (χ3v) is 6.70. The molecular weight excluding hydrogens is 364 g/mol. The van der Waals surface area contributed by atoms with Crippen molar-refractivity contribution in [1.82, 2.24) is 29.3 Å². The summed E-state index contributed by atoms with van der Waals surface area (Å²) in [5.74, 6) is 1.94. The second-order valence-corrected chi connectivity index (χ2v) is 8.12. The second kappa shape index (κ2) is 7.31. The van der Waals surface area contributed by atoms with Crippen LogP contribution in [0, 0.1) is 0 Å². The number of likely N-dealkylation sites (tertiary alicyclic amines) is 1. The van der Waals surface area contributed by atoms with Crippen molar-refractivity contribution < 1.29 is 4.74 Å². The van der Waals surface area contributed by atoms with Crippen LogP contribution >= 0.6 is 0 Å². The van der Waals surface area contributed by atoms with Crippen LogP contribution in [-0.2, 0) is 18.5 Å². The number of rotatable bonds is 4. The monoisotopic (exact) mass is 392 g/mol. The van der Waals surface area contributed by atoms with E-state index < -0.39 is 0 Å². The lowest BCUT2D eigenvalue weighted by Crippen LogP contribution is -2.54. The molecule has 29 heavy (non-hydrogen) atoms. The number of aromatic amines is 1. The van der Waals surface area contributed by atoms with Crippen molar-refractivity contribution in [2.24, 2.45) is 0 Å². The Hall–Kier alpha value is -2.64. The zero-order chi connectivity index (χ0) is 19.8. The third kappa shape index (κ3) is 3.14. The van der Waals surface area contributed by atoms with E-state index in [1.165, 1.54) is 11.4 Å². The molecule has 1 aromatic carbocycles. The lowest BCUT2D eigenvalue weighted by atomic mass is 9.79. The first-order valence-corrected chi connectivity index (χ1v) is 10.3. The predicted molar refractivity (Wildman–Crippen MR) is 111 cm³/mol. The van der Waals surface area contributed by atoms with E-state index in [-0.39, 0.29) is 5.54 Å². The molecule has 0 saturated carbocycles. The second-order valence-electron chi connectivity index (χ2n) is 8.12. The van der Waals surface area contributed by atoms with E-state index in [1.807, 2.05) is 30.9 Å². The minimum absolute atomic E-state index is 0.0789. The summed E-state index contributed by atoms with van der Waals surface area (Å²) in [5.41, 5.74) is 3.78. The van der Waals surface area contributed by atoms with Gasteiger partial charge < -0.3 is 14.3 Å². The zero-order valence-electron chi connectivity index (χ0n) is 17.1. The number of nitrogens with zero attached hydrogens (tertiary/aromatic N) is 5. The molecule has 0 atom stereocenters. The quantitative estimate of drug-likeness (QED) is 0.739.